The molecule has 1 aliphatic rings. The smallest absolute Gasteiger partial charge is 0.00952 e. The van der Waals surface area contributed by atoms with E-state index in [-0.39, 0.29) is 0 Å². The number of hydrogen-bond donors (Lipinski definition) is 1. The summed E-state index contributed by atoms with van der Waals surface area (Å²) in [6, 6.07) is 1.47. The maximum Gasteiger partial charge on any atom is 0.00952 e. The van der Waals surface area contributed by atoms with Crippen molar-refractivity contribution in [2.24, 2.45) is 11.8 Å². The zero-order valence-corrected chi connectivity index (χ0v) is 10.3. The second-order valence-electron chi connectivity index (χ2n) is 5.21. The van der Waals surface area contributed by atoms with Crippen LogP contribution in [0, 0.1) is 11.8 Å². The van der Waals surface area contributed by atoms with Gasteiger partial charge in [0, 0.05) is 12.1 Å². The van der Waals surface area contributed by atoms with Crippen LogP contribution in [0.3, 0.4) is 0 Å². The van der Waals surface area contributed by atoms with E-state index in [9.17, 15) is 0 Å². The Labute approximate surface area is 89.7 Å². The van der Waals surface area contributed by atoms with E-state index >= 15 is 0 Å². The zero-order chi connectivity index (χ0) is 10.6. The van der Waals surface area contributed by atoms with Gasteiger partial charge in [0.05, 0.1) is 0 Å². The molecule has 0 aromatic heterocycles. The van der Waals surface area contributed by atoms with Crippen LogP contribution in [0.15, 0.2) is 0 Å². The van der Waals surface area contributed by atoms with E-state index in [2.05, 4.69) is 33.0 Å². The molecule has 1 rings (SSSR count). The molecule has 0 heterocycles. The molecule has 1 nitrogen and oxygen atoms in total. The van der Waals surface area contributed by atoms with Crippen molar-refractivity contribution in [3.63, 3.8) is 0 Å². The van der Waals surface area contributed by atoms with E-state index in [1.807, 2.05) is 0 Å². The fourth-order valence-corrected chi connectivity index (χ4v) is 2.42. The molecule has 0 radical (unpaired) electrons. The van der Waals surface area contributed by atoms with Crippen molar-refractivity contribution < 1.29 is 0 Å². The van der Waals surface area contributed by atoms with Gasteiger partial charge in [-0.2, -0.15) is 0 Å². The van der Waals surface area contributed by atoms with Gasteiger partial charge in [-0.25, -0.2) is 0 Å². The molecule has 1 aliphatic carbocycles. The lowest BCUT2D eigenvalue weighted by Crippen LogP contribution is -2.44. The normalized spacial score (nSPS) is 32.6. The average molecular weight is 197 g/mol. The molecule has 0 bridgehead atoms. The molecule has 4 atom stereocenters. The third-order valence-corrected chi connectivity index (χ3v) is 4.09. The second kappa shape index (κ2) is 5.75. The Hall–Kier alpha value is -0.0400. The van der Waals surface area contributed by atoms with Gasteiger partial charge < -0.3 is 5.32 Å². The number of hydrogen-bond acceptors (Lipinski definition) is 1. The summed E-state index contributed by atoms with van der Waals surface area (Å²) in [5, 5.41) is 3.82. The zero-order valence-electron chi connectivity index (χ0n) is 10.3. The SMILES string of the molecule is CC[C@H](C)[C@H](C)N[C@@H]1CCCC[C@@H]1C. The van der Waals surface area contributed by atoms with E-state index in [1.165, 1.54) is 32.1 Å². The first-order valence-corrected chi connectivity index (χ1v) is 6.41. The van der Waals surface area contributed by atoms with Crippen molar-refractivity contribution in [2.75, 3.05) is 0 Å². The third kappa shape index (κ3) is 3.27. The molecule has 0 amide bonds. The Morgan fingerprint density at radius 2 is 1.86 bits per heavy atom. The minimum absolute atomic E-state index is 0.686. The minimum Gasteiger partial charge on any atom is -0.311 e. The van der Waals surface area contributed by atoms with Crippen molar-refractivity contribution in [1.82, 2.24) is 5.32 Å². The van der Waals surface area contributed by atoms with Gasteiger partial charge in [0.1, 0.15) is 0 Å². The van der Waals surface area contributed by atoms with Crippen LogP contribution in [-0.4, -0.2) is 12.1 Å². The van der Waals surface area contributed by atoms with Crippen LogP contribution in [-0.2, 0) is 0 Å². The summed E-state index contributed by atoms with van der Waals surface area (Å²) in [5.74, 6) is 1.69. The quantitative estimate of drug-likeness (QED) is 0.726. The van der Waals surface area contributed by atoms with Crippen molar-refractivity contribution in [1.29, 1.82) is 0 Å². The lowest BCUT2D eigenvalue weighted by Gasteiger charge is -2.34. The van der Waals surface area contributed by atoms with Crippen LogP contribution >= 0.6 is 0 Å². The Morgan fingerprint density at radius 3 is 2.43 bits per heavy atom. The van der Waals surface area contributed by atoms with Crippen LogP contribution in [0.5, 0.6) is 0 Å². The summed E-state index contributed by atoms with van der Waals surface area (Å²) >= 11 is 0. The van der Waals surface area contributed by atoms with Crippen molar-refractivity contribution >= 4 is 0 Å². The molecular formula is C13H27N. The van der Waals surface area contributed by atoms with Crippen LogP contribution in [0.2, 0.25) is 0 Å². The van der Waals surface area contributed by atoms with Gasteiger partial charge >= 0.3 is 0 Å². The molecular weight excluding hydrogens is 170 g/mol. The van der Waals surface area contributed by atoms with Gasteiger partial charge in [-0.1, -0.05) is 40.0 Å². The maximum atomic E-state index is 3.82. The van der Waals surface area contributed by atoms with E-state index in [0.29, 0.717) is 6.04 Å². The molecule has 0 unspecified atom stereocenters. The van der Waals surface area contributed by atoms with Gasteiger partial charge in [-0.15, -0.1) is 0 Å². The summed E-state index contributed by atoms with van der Waals surface area (Å²) < 4.78 is 0. The molecule has 1 N–H and O–H groups in total. The van der Waals surface area contributed by atoms with Crippen LogP contribution in [0.25, 0.3) is 0 Å². The highest BCUT2D eigenvalue weighted by atomic mass is 15.0. The molecule has 84 valence electrons. The molecule has 0 spiro atoms. The second-order valence-corrected chi connectivity index (χ2v) is 5.21. The van der Waals surface area contributed by atoms with Gasteiger partial charge in [0.15, 0.2) is 0 Å². The summed E-state index contributed by atoms with van der Waals surface area (Å²) in [4.78, 5) is 0. The molecule has 0 aromatic carbocycles. The highest BCUT2D eigenvalue weighted by Gasteiger charge is 2.23. The predicted molar refractivity (Wildman–Crippen MR) is 63.5 cm³/mol. The lowest BCUT2D eigenvalue weighted by atomic mass is 9.85. The lowest BCUT2D eigenvalue weighted by molar-refractivity contribution is 0.237. The standard InChI is InChI=1S/C13H27N/c1-5-10(2)12(4)14-13-9-7-6-8-11(13)3/h10-14H,5-9H2,1-4H3/t10-,11-,12-,13+/m0/s1. The highest BCUT2D eigenvalue weighted by Crippen LogP contribution is 2.24. The molecule has 1 heteroatoms. The Morgan fingerprint density at radius 1 is 1.21 bits per heavy atom. The topological polar surface area (TPSA) is 12.0 Å². The molecule has 1 fully saturated rings. The third-order valence-electron chi connectivity index (χ3n) is 4.09. The molecule has 14 heavy (non-hydrogen) atoms. The number of nitrogens with one attached hydrogen (secondary N) is 1. The minimum atomic E-state index is 0.686. The van der Waals surface area contributed by atoms with Crippen molar-refractivity contribution in [2.45, 2.75) is 71.9 Å². The number of rotatable bonds is 4. The Kier molecular flexibility index (Phi) is 4.94. The first-order valence-electron chi connectivity index (χ1n) is 6.41. The average Bonchev–Trinajstić information content (AvgIpc) is 2.20. The van der Waals surface area contributed by atoms with Crippen molar-refractivity contribution in [3.05, 3.63) is 0 Å². The highest BCUT2D eigenvalue weighted by molar-refractivity contribution is 4.81. The Balaban J connectivity index is 2.34. The van der Waals surface area contributed by atoms with Crippen molar-refractivity contribution in [3.8, 4) is 0 Å². The van der Waals surface area contributed by atoms with Crippen LogP contribution in [0.1, 0.15) is 59.8 Å². The fraction of sp³-hybridized carbons (Fsp3) is 1.00. The van der Waals surface area contributed by atoms with Gasteiger partial charge in [-0.3, -0.25) is 0 Å². The molecule has 1 saturated carbocycles. The molecule has 0 saturated heterocycles. The first-order chi connectivity index (χ1) is 6.65. The van der Waals surface area contributed by atoms with Gasteiger partial charge in [-0.05, 0) is 31.6 Å². The van der Waals surface area contributed by atoms with Gasteiger partial charge in [0.2, 0.25) is 0 Å². The van der Waals surface area contributed by atoms with E-state index in [0.717, 1.165) is 17.9 Å². The van der Waals surface area contributed by atoms with Crippen LogP contribution in [0.4, 0.5) is 0 Å². The summed E-state index contributed by atoms with van der Waals surface area (Å²) in [6.45, 7) is 9.38. The van der Waals surface area contributed by atoms with Crippen LogP contribution < -0.4 is 5.32 Å². The van der Waals surface area contributed by atoms with E-state index in [1.54, 1.807) is 0 Å². The summed E-state index contributed by atoms with van der Waals surface area (Å²) in [5.41, 5.74) is 0. The van der Waals surface area contributed by atoms with Gasteiger partial charge in [0.25, 0.3) is 0 Å². The molecule has 0 aliphatic heterocycles. The van der Waals surface area contributed by atoms with E-state index in [4.69, 9.17) is 0 Å². The maximum absolute atomic E-state index is 3.82. The molecule has 0 aromatic rings. The van der Waals surface area contributed by atoms with E-state index < -0.39 is 0 Å². The fourth-order valence-electron chi connectivity index (χ4n) is 2.42. The largest absolute Gasteiger partial charge is 0.311 e. The summed E-state index contributed by atoms with van der Waals surface area (Å²) in [6.07, 6.45) is 6.97. The Bertz CT molecular complexity index is 155. The summed E-state index contributed by atoms with van der Waals surface area (Å²) in [7, 11) is 0. The first kappa shape index (κ1) is 12.0. The monoisotopic (exact) mass is 197 g/mol. The predicted octanol–water partition coefficient (Wildman–Crippen LogP) is 3.59.